The smallest absolute Gasteiger partial charge is 0.271 e. The largest absolute Gasteiger partial charge is 0.351 e. The fraction of sp³-hybridized carbons (Fsp3) is 0.160. The number of carbonyl (C=O) groups is 1. The minimum atomic E-state index is -3.74. The first kappa shape index (κ1) is 25.1. The molecule has 0 fully saturated rings. The average Bonchev–Trinajstić information content (AvgIpc) is 3.30. The monoisotopic (exact) mass is 522 g/mol. The van der Waals surface area contributed by atoms with Crippen LogP contribution in [0.5, 0.6) is 0 Å². The topological polar surface area (TPSA) is 125 Å². The van der Waals surface area contributed by atoms with E-state index in [0.717, 1.165) is 27.6 Å². The maximum Gasteiger partial charge on any atom is 0.271 e. The zero-order valence-electron chi connectivity index (χ0n) is 20.0. The molecular formula is C25H26N6O3S2. The molecule has 0 spiro atoms. The number of carbonyl (C=O) groups excluding carboxylic acids is 1. The Morgan fingerprint density at radius 1 is 0.833 bits per heavy atom. The van der Waals surface area contributed by atoms with E-state index < -0.39 is 10.0 Å². The number of anilines is 5. The SMILES string of the molecule is CC(=O)NCc1ccc(S(=O)(=O)Nc2ccc(Nc3cc(Nc4ccc(C)cc4)nc(C)n3)cc2)s1. The molecule has 4 rings (SSSR count). The summed E-state index contributed by atoms with van der Waals surface area (Å²) in [5.74, 6) is 1.70. The third kappa shape index (κ3) is 6.80. The van der Waals surface area contributed by atoms with Crippen LogP contribution in [0.25, 0.3) is 0 Å². The molecule has 0 unspecified atom stereocenters. The van der Waals surface area contributed by atoms with Crippen molar-refractivity contribution in [2.75, 3.05) is 15.4 Å². The second-order valence-electron chi connectivity index (χ2n) is 8.11. The van der Waals surface area contributed by atoms with Crippen LogP contribution in [-0.2, 0) is 21.4 Å². The van der Waals surface area contributed by atoms with Gasteiger partial charge in [-0.1, -0.05) is 17.7 Å². The molecule has 2 aromatic carbocycles. The predicted octanol–water partition coefficient (Wildman–Crippen LogP) is 5.08. The van der Waals surface area contributed by atoms with E-state index in [1.807, 2.05) is 38.1 Å². The Labute approximate surface area is 214 Å². The lowest BCUT2D eigenvalue weighted by molar-refractivity contribution is -0.119. The molecule has 2 heterocycles. The highest BCUT2D eigenvalue weighted by Crippen LogP contribution is 2.26. The highest BCUT2D eigenvalue weighted by atomic mass is 32.2. The van der Waals surface area contributed by atoms with E-state index in [2.05, 4.69) is 30.6 Å². The van der Waals surface area contributed by atoms with E-state index in [9.17, 15) is 13.2 Å². The number of rotatable bonds is 9. The quantitative estimate of drug-likeness (QED) is 0.242. The molecule has 36 heavy (non-hydrogen) atoms. The van der Waals surface area contributed by atoms with Gasteiger partial charge in [-0.2, -0.15) is 0 Å². The zero-order chi connectivity index (χ0) is 25.7. The molecule has 0 radical (unpaired) electrons. The molecule has 11 heteroatoms. The molecule has 0 atom stereocenters. The molecule has 0 aliphatic heterocycles. The molecule has 186 valence electrons. The van der Waals surface area contributed by atoms with Crippen LogP contribution in [0.3, 0.4) is 0 Å². The predicted molar refractivity (Wildman–Crippen MR) is 144 cm³/mol. The number of aryl methyl sites for hydroxylation is 2. The molecule has 0 aliphatic carbocycles. The molecule has 1 amide bonds. The summed E-state index contributed by atoms with van der Waals surface area (Å²) in [5.41, 5.74) is 3.27. The Kier molecular flexibility index (Phi) is 7.51. The van der Waals surface area contributed by atoms with Crippen LogP contribution in [0.2, 0.25) is 0 Å². The van der Waals surface area contributed by atoms with Crippen LogP contribution in [-0.4, -0.2) is 24.3 Å². The number of hydrogen-bond acceptors (Lipinski definition) is 8. The van der Waals surface area contributed by atoms with Gasteiger partial charge in [0.05, 0.1) is 6.54 Å². The Morgan fingerprint density at radius 3 is 1.97 bits per heavy atom. The summed E-state index contributed by atoms with van der Waals surface area (Å²) >= 11 is 1.11. The second-order valence-corrected chi connectivity index (χ2v) is 11.2. The molecule has 0 saturated carbocycles. The van der Waals surface area contributed by atoms with Crippen LogP contribution in [0.15, 0.2) is 70.9 Å². The molecule has 2 aromatic heterocycles. The van der Waals surface area contributed by atoms with Crippen molar-refractivity contribution in [2.45, 2.75) is 31.5 Å². The molecule has 9 nitrogen and oxygen atoms in total. The summed E-state index contributed by atoms with van der Waals surface area (Å²) in [6.07, 6.45) is 0. The van der Waals surface area contributed by atoms with Crippen LogP contribution < -0.4 is 20.7 Å². The summed E-state index contributed by atoms with van der Waals surface area (Å²) in [7, 11) is -3.74. The lowest BCUT2D eigenvalue weighted by Gasteiger charge is -2.11. The van der Waals surface area contributed by atoms with Crippen LogP contribution in [0.4, 0.5) is 28.7 Å². The van der Waals surface area contributed by atoms with E-state index >= 15 is 0 Å². The third-order valence-corrected chi connectivity index (χ3v) is 7.94. The lowest BCUT2D eigenvalue weighted by atomic mass is 10.2. The number of aromatic nitrogens is 2. The molecule has 4 aromatic rings. The fourth-order valence-electron chi connectivity index (χ4n) is 3.26. The van der Waals surface area contributed by atoms with Gasteiger partial charge in [-0.3, -0.25) is 9.52 Å². The van der Waals surface area contributed by atoms with Gasteiger partial charge >= 0.3 is 0 Å². The van der Waals surface area contributed by atoms with Crippen molar-refractivity contribution in [1.82, 2.24) is 15.3 Å². The standard InChI is InChI=1S/C25H26N6O3S2/c1-16-4-6-19(7-5-16)29-23-14-24(28-17(2)27-23)30-20-8-10-21(11-9-20)31-36(33,34)25-13-12-22(35-25)15-26-18(3)32/h4-14,31H,15H2,1-3H3,(H,26,32)(H2,27,28,29,30). The van der Waals surface area contributed by atoms with E-state index in [1.165, 1.54) is 18.6 Å². The van der Waals surface area contributed by atoms with Crippen LogP contribution in [0.1, 0.15) is 23.2 Å². The first-order valence-corrected chi connectivity index (χ1v) is 13.4. The van der Waals surface area contributed by atoms with Crippen molar-refractivity contribution in [2.24, 2.45) is 0 Å². The number of sulfonamides is 1. The Morgan fingerprint density at radius 2 is 1.39 bits per heavy atom. The van der Waals surface area contributed by atoms with Crippen LogP contribution in [0, 0.1) is 13.8 Å². The minimum Gasteiger partial charge on any atom is -0.351 e. The zero-order valence-corrected chi connectivity index (χ0v) is 21.6. The van der Waals surface area contributed by atoms with Crippen molar-refractivity contribution in [3.05, 3.63) is 83.0 Å². The van der Waals surface area contributed by atoms with Crippen LogP contribution >= 0.6 is 11.3 Å². The lowest BCUT2D eigenvalue weighted by Crippen LogP contribution is -2.18. The van der Waals surface area contributed by atoms with E-state index in [-0.39, 0.29) is 10.1 Å². The third-order valence-electron chi connectivity index (χ3n) is 4.98. The van der Waals surface area contributed by atoms with Gasteiger partial charge in [0.15, 0.2) is 0 Å². The minimum absolute atomic E-state index is 0.171. The van der Waals surface area contributed by atoms with Crippen molar-refractivity contribution < 1.29 is 13.2 Å². The summed E-state index contributed by atoms with van der Waals surface area (Å²) in [6, 6.07) is 19.9. The second kappa shape index (κ2) is 10.8. The van der Waals surface area contributed by atoms with Crippen molar-refractivity contribution in [1.29, 1.82) is 0 Å². The van der Waals surface area contributed by atoms with Gasteiger partial charge in [0.1, 0.15) is 21.7 Å². The van der Waals surface area contributed by atoms with Gasteiger partial charge in [0, 0.05) is 34.9 Å². The Bertz CT molecular complexity index is 1470. The van der Waals surface area contributed by atoms with E-state index in [4.69, 9.17) is 0 Å². The summed E-state index contributed by atoms with van der Waals surface area (Å²) in [5, 5.41) is 9.16. The number of amides is 1. The van der Waals surface area contributed by atoms with E-state index in [1.54, 1.807) is 36.4 Å². The first-order chi connectivity index (χ1) is 17.2. The maximum absolute atomic E-state index is 12.7. The van der Waals surface area contributed by atoms with Crippen molar-refractivity contribution in [3.8, 4) is 0 Å². The number of hydrogen-bond donors (Lipinski definition) is 4. The Balaban J connectivity index is 1.41. The van der Waals surface area contributed by atoms with Gasteiger partial charge in [-0.25, -0.2) is 18.4 Å². The summed E-state index contributed by atoms with van der Waals surface area (Å²) in [6.45, 7) is 5.56. The van der Waals surface area contributed by atoms with Crippen molar-refractivity contribution >= 4 is 56.0 Å². The molecular weight excluding hydrogens is 496 g/mol. The van der Waals surface area contributed by atoms with Gasteiger partial charge in [0.2, 0.25) is 5.91 Å². The average molecular weight is 523 g/mol. The number of nitrogens with zero attached hydrogens (tertiary/aromatic N) is 2. The summed E-state index contributed by atoms with van der Waals surface area (Å²) in [4.78, 5) is 20.7. The van der Waals surface area contributed by atoms with Gasteiger partial charge in [-0.05, 0) is 62.4 Å². The molecule has 0 aliphatic rings. The van der Waals surface area contributed by atoms with Gasteiger partial charge < -0.3 is 16.0 Å². The van der Waals surface area contributed by atoms with Gasteiger partial charge in [-0.15, -0.1) is 11.3 Å². The highest BCUT2D eigenvalue weighted by Gasteiger charge is 2.17. The van der Waals surface area contributed by atoms with Crippen molar-refractivity contribution in [3.63, 3.8) is 0 Å². The van der Waals surface area contributed by atoms with E-state index in [0.29, 0.717) is 29.7 Å². The highest BCUT2D eigenvalue weighted by molar-refractivity contribution is 7.94. The first-order valence-electron chi connectivity index (χ1n) is 11.1. The molecule has 0 bridgehead atoms. The molecule has 0 saturated heterocycles. The fourth-order valence-corrected chi connectivity index (χ4v) is 5.62. The number of benzene rings is 2. The molecule has 4 N–H and O–H groups in total. The van der Waals surface area contributed by atoms with Gasteiger partial charge in [0.25, 0.3) is 10.0 Å². The normalized spacial score (nSPS) is 11.1. The number of thiophene rings is 1. The maximum atomic E-state index is 12.7. The number of nitrogens with one attached hydrogen (secondary N) is 4. The summed E-state index contributed by atoms with van der Waals surface area (Å²) < 4.78 is 28.3. The Hall–Kier alpha value is -3.96.